The van der Waals surface area contributed by atoms with Gasteiger partial charge in [0.1, 0.15) is 5.75 Å². The Bertz CT molecular complexity index is 646. The van der Waals surface area contributed by atoms with Crippen molar-refractivity contribution in [3.05, 3.63) is 29.3 Å². The molecule has 2 fully saturated rings. The molecule has 2 saturated heterocycles. The summed E-state index contributed by atoms with van der Waals surface area (Å²) >= 11 is 5.93. The number of rotatable bonds is 5. The molecule has 0 radical (unpaired) electrons. The van der Waals surface area contributed by atoms with Crippen molar-refractivity contribution in [1.29, 1.82) is 0 Å². The number of likely N-dealkylation sites (tertiary alicyclic amines) is 1. The summed E-state index contributed by atoms with van der Waals surface area (Å²) in [6.07, 6.45) is 2.69. The number of piperidine rings is 1. The lowest BCUT2D eigenvalue weighted by Gasteiger charge is -2.40. The van der Waals surface area contributed by atoms with Gasteiger partial charge in [0, 0.05) is 37.7 Å². The summed E-state index contributed by atoms with van der Waals surface area (Å²) in [6, 6.07) is 7.15. The Morgan fingerprint density at radius 1 is 1.14 bits per heavy atom. The van der Waals surface area contributed by atoms with Gasteiger partial charge in [0.05, 0.1) is 12.2 Å². The van der Waals surface area contributed by atoms with Gasteiger partial charge < -0.3 is 14.4 Å². The predicted molar refractivity (Wildman–Crippen MR) is 112 cm³/mol. The number of hydrogen-bond acceptors (Lipinski definition) is 4. The maximum absolute atomic E-state index is 13.0. The molecule has 2 atom stereocenters. The van der Waals surface area contributed by atoms with E-state index in [2.05, 4.69) is 18.7 Å². The summed E-state index contributed by atoms with van der Waals surface area (Å²) in [5.41, 5.74) is -0.893. The van der Waals surface area contributed by atoms with Crippen LogP contribution < -0.4 is 4.74 Å². The lowest BCUT2D eigenvalue weighted by atomic mass is 9.94. The van der Waals surface area contributed by atoms with Gasteiger partial charge in [-0.05, 0) is 70.7 Å². The van der Waals surface area contributed by atoms with E-state index >= 15 is 0 Å². The average Bonchev–Trinajstić information content (AvgIpc) is 2.63. The van der Waals surface area contributed by atoms with Gasteiger partial charge in [-0.2, -0.15) is 0 Å². The Morgan fingerprint density at radius 3 is 2.29 bits per heavy atom. The first-order valence-electron chi connectivity index (χ1n) is 10.3. The highest BCUT2D eigenvalue weighted by molar-refractivity contribution is 6.30. The molecule has 1 aromatic carbocycles. The zero-order valence-electron chi connectivity index (χ0n) is 17.5. The van der Waals surface area contributed by atoms with Crippen LogP contribution in [0.3, 0.4) is 0 Å². The van der Waals surface area contributed by atoms with Gasteiger partial charge in [-0.1, -0.05) is 11.6 Å². The highest BCUT2D eigenvalue weighted by atomic mass is 35.5. The minimum absolute atomic E-state index is 0.0505. The quantitative estimate of drug-likeness (QED) is 0.742. The van der Waals surface area contributed by atoms with Gasteiger partial charge in [-0.3, -0.25) is 9.69 Å². The highest BCUT2D eigenvalue weighted by Gasteiger charge is 2.36. The van der Waals surface area contributed by atoms with Gasteiger partial charge in [-0.15, -0.1) is 0 Å². The molecule has 156 valence electrons. The fourth-order valence-corrected chi connectivity index (χ4v) is 4.46. The summed E-state index contributed by atoms with van der Waals surface area (Å²) in [7, 11) is 0. The molecule has 0 bridgehead atoms. The van der Waals surface area contributed by atoms with Crippen LogP contribution in [0.1, 0.15) is 40.5 Å². The molecule has 0 spiro atoms. The minimum atomic E-state index is -0.893. The zero-order chi connectivity index (χ0) is 20.3. The first kappa shape index (κ1) is 21.4. The number of hydrogen-bond donors (Lipinski definition) is 0. The summed E-state index contributed by atoms with van der Waals surface area (Å²) < 4.78 is 11.8. The number of halogens is 1. The van der Waals surface area contributed by atoms with Crippen molar-refractivity contribution >= 4 is 17.5 Å². The Hall–Kier alpha value is -1.30. The normalized spacial score (nSPS) is 25.0. The predicted octanol–water partition coefficient (Wildman–Crippen LogP) is 3.85. The number of morpholine rings is 1. The number of carbonyl (C=O) groups excluding carboxylic acids is 1. The number of carbonyl (C=O) groups is 1. The van der Waals surface area contributed by atoms with Crippen molar-refractivity contribution in [2.24, 2.45) is 5.92 Å². The van der Waals surface area contributed by atoms with Gasteiger partial charge in [0.25, 0.3) is 5.91 Å². The van der Waals surface area contributed by atoms with E-state index in [0.29, 0.717) is 28.9 Å². The molecule has 2 unspecified atom stereocenters. The van der Waals surface area contributed by atoms with E-state index in [-0.39, 0.29) is 5.91 Å². The zero-order valence-corrected chi connectivity index (χ0v) is 18.2. The summed E-state index contributed by atoms with van der Waals surface area (Å²) in [5, 5.41) is 0.655. The number of benzene rings is 1. The summed E-state index contributed by atoms with van der Waals surface area (Å²) in [5.74, 6) is 1.35. The van der Waals surface area contributed by atoms with Crippen LogP contribution in [-0.4, -0.2) is 66.2 Å². The standard InChI is InChI=1S/C22H33ClN2O3/c1-16-13-24(14-17(2)27-16)15-18-9-11-25(12-10-18)21(26)22(3,4)28-20-7-5-19(23)6-8-20/h5-8,16-18H,9-15H2,1-4H3. The molecule has 1 aromatic rings. The number of amides is 1. The van der Waals surface area contributed by atoms with E-state index < -0.39 is 5.60 Å². The second kappa shape index (κ2) is 9.02. The smallest absolute Gasteiger partial charge is 0.266 e. The van der Waals surface area contributed by atoms with E-state index in [9.17, 15) is 4.79 Å². The fourth-order valence-electron chi connectivity index (χ4n) is 4.34. The number of nitrogens with zero attached hydrogens (tertiary/aromatic N) is 2. The van der Waals surface area contributed by atoms with Crippen LogP contribution in [0.15, 0.2) is 24.3 Å². The van der Waals surface area contributed by atoms with Crippen LogP contribution in [0.4, 0.5) is 0 Å². The van der Waals surface area contributed by atoms with Crippen LogP contribution in [0.25, 0.3) is 0 Å². The van der Waals surface area contributed by atoms with Crippen molar-refractivity contribution in [3.8, 4) is 5.75 Å². The average molecular weight is 409 g/mol. The fraction of sp³-hybridized carbons (Fsp3) is 0.682. The Balaban J connectivity index is 1.49. The highest BCUT2D eigenvalue weighted by Crippen LogP contribution is 2.26. The molecule has 0 aliphatic carbocycles. The largest absolute Gasteiger partial charge is 0.478 e. The molecular weight excluding hydrogens is 376 g/mol. The Labute approximate surface area is 173 Å². The molecule has 0 saturated carbocycles. The second-order valence-electron chi connectivity index (χ2n) is 8.78. The maximum Gasteiger partial charge on any atom is 0.266 e. The molecule has 0 N–H and O–H groups in total. The lowest BCUT2D eigenvalue weighted by Crippen LogP contribution is -2.52. The van der Waals surface area contributed by atoms with Gasteiger partial charge in [-0.25, -0.2) is 0 Å². The summed E-state index contributed by atoms with van der Waals surface area (Å²) in [6.45, 7) is 12.7. The monoisotopic (exact) mass is 408 g/mol. The maximum atomic E-state index is 13.0. The second-order valence-corrected chi connectivity index (χ2v) is 9.21. The third kappa shape index (κ3) is 5.62. The van der Waals surface area contributed by atoms with Crippen LogP contribution in [0.5, 0.6) is 5.75 Å². The molecule has 6 heteroatoms. The van der Waals surface area contributed by atoms with Crippen molar-refractivity contribution < 1.29 is 14.3 Å². The first-order chi connectivity index (χ1) is 13.2. The third-order valence-electron chi connectivity index (χ3n) is 5.62. The Morgan fingerprint density at radius 2 is 1.71 bits per heavy atom. The first-order valence-corrected chi connectivity index (χ1v) is 10.7. The van der Waals surface area contributed by atoms with Crippen molar-refractivity contribution in [3.63, 3.8) is 0 Å². The van der Waals surface area contributed by atoms with Gasteiger partial charge >= 0.3 is 0 Å². The molecule has 3 rings (SSSR count). The van der Waals surface area contributed by atoms with Crippen LogP contribution >= 0.6 is 11.6 Å². The van der Waals surface area contributed by atoms with Gasteiger partial charge in [0.15, 0.2) is 5.60 Å². The molecule has 2 aliphatic rings. The Kier molecular flexibility index (Phi) is 6.89. The molecular formula is C22H33ClN2O3. The van der Waals surface area contributed by atoms with Crippen molar-refractivity contribution in [2.45, 2.75) is 58.3 Å². The van der Waals surface area contributed by atoms with Crippen LogP contribution in [-0.2, 0) is 9.53 Å². The topological polar surface area (TPSA) is 42.0 Å². The van der Waals surface area contributed by atoms with E-state index in [0.717, 1.165) is 45.6 Å². The van der Waals surface area contributed by atoms with E-state index in [1.807, 2.05) is 18.7 Å². The minimum Gasteiger partial charge on any atom is -0.478 e. The van der Waals surface area contributed by atoms with Crippen molar-refractivity contribution in [1.82, 2.24) is 9.80 Å². The SMILES string of the molecule is CC1CN(CC2CCN(C(=O)C(C)(C)Oc3ccc(Cl)cc3)CC2)CC(C)O1. The van der Waals surface area contributed by atoms with Gasteiger partial charge in [0.2, 0.25) is 0 Å². The molecule has 2 heterocycles. The molecule has 2 aliphatic heterocycles. The molecule has 0 aromatic heterocycles. The lowest BCUT2D eigenvalue weighted by molar-refractivity contribution is -0.147. The summed E-state index contributed by atoms with van der Waals surface area (Å²) in [4.78, 5) is 17.5. The molecule has 28 heavy (non-hydrogen) atoms. The van der Waals surface area contributed by atoms with Crippen molar-refractivity contribution in [2.75, 3.05) is 32.7 Å². The van der Waals surface area contributed by atoms with E-state index in [4.69, 9.17) is 21.1 Å². The van der Waals surface area contributed by atoms with Crippen LogP contribution in [0.2, 0.25) is 5.02 Å². The van der Waals surface area contributed by atoms with E-state index in [1.54, 1.807) is 24.3 Å². The molecule has 1 amide bonds. The third-order valence-corrected chi connectivity index (χ3v) is 5.87. The van der Waals surface area contributed by atoms with Crippen LogP contribution in [0, 0.1) is 5.92 Å². The molecule has 5 nitrogen and oxygen atoms in total. The van der Waals surface area contributed by atoms with E-state index in [1.165, 1.54) is 0 Å². The number of ether oxygens (including phenoxy) is 2.